The van der Waals surface area contributed by atoms with Gasteiger partial charge in [0, 0.05) is 72.3 Å². The van der Waals surface area contributed by atoms with Crippen molar-refractivity contribution in [1.29, 1.82) is 0 Å². The molecule has 0 atom stereocenters. The number of benzene rings is 9. The van der Waals surface area contributed by atoms with Gasteiger partial charge in [-0.05, 0) is 285 Å². The zero-order chi connectivity index (χ0) is 87.2. The molecule has 9 rings (SSSR count). The lowest BCUT2D eigenvalue weighted by molar-refractivity contribution is 0.112. The minimum Gasteiger partial charge on any atom is -0.494 e. The number of unbranched alkanes of at least 4 members (excludes halogenated alkanes) is 31. The van der Waals surface area contributed by atoms with Gasteiger partial charge in [0.25, 0.3) is 0 Å². The molecule has 650 valence electrons. The Kier molecular flexibility index (Phi) is 46.0. The number of ether oxygens (including phenoxy) is 1. The molecule has 0 amide bonds. The molecular weight excluding hydrogens is 1500 g/mol. The van der Waals surface area contributed by atoms with Crippen molar-refractivity contribution in [2.24, 2.45) is 0 Å². The molecule has 2 heteroatoms. The van der Waals surface area contributed by atoms with E-state index >= 15 is 0 Å². The SMILES string of the molecule is C=CCCCCCCCCCOc1ccc(C#Cc2cc(CCCCCC)c(C#Cc3cc(CCCCCC)c(C#Cc4cc(CCCCCC)c(C#Cc5cc(CCCCCC)c(C#Cc6ccc(C#Cc7c8ccccc8c(C=O)c8ccccc78)cc6)cc5CCCCCC)cc4CCCCCC)cc3CCCCCC)cc2CCCCCC)cc1. The van der Waals surface area contributed by atoms with Gasteiger partial charge in [-0.1, -0.05) is 367 Å². The summed E-state index contributed by atoms with van der Waals surface area (Å²) in [5.41, 5.74) is 24.4. The van der Waals surface area contributed by atoms with E-state index in [2.05, 4.69) is 242 Å². The van der Waals surface area contributed by atoms with Gasteiger partial charge in [-0.25, -0.2) is 0 Å². The number of rotatable bonds is 52. The summed E-state index contributed by atoms with van der Waals surface area (Å²) in [4.78, 5) is 12.5. The summed E-state index contributed by atoms with van der Waals surface area (Å²) in [7, 11) is 0. The molecular formula is C122H150O2. The third-order valence-electron chi connectivity index (χ3n) is 24.9. The lowest BCUT2D eigenvalue weighted by Crippen LogP contribution is -2.01. The molecule has 0 radical (unpaired) electrons. The van der Waals surface area contributed by atoms with Crippen molar-refractivity contribution in [3.63, 3.8) is 0 Å². The van der Waals surface area contributed by atoms with Gasteiger partial charge in [-0.3, -0.25) is 4.79 Å². The summed E-state index contributed by atoms with van der Waals surface area (Å²) in [6, 6.07) is 52.8. The van der Waals surface area contributed by atoms with Crippen LogP contribution in [-0.4, -0.2) is 12.9 Å². The summed E-state index contributed by atoms with van der Waals surface area (Å²) in [6.45, 7) is 23.1. The zero-order valence-electron chi connectivity index (χ0n) is 78.2. The third kappa shape index (κ3) is 33.2. The predicted octanol–water partition coefficient (Wildman–Crippen LogP) is 32.9. The van der Waals surface area contributed by atoms with Crippen LogP contribution in [0.25, 0.3) is 21.5 Å². The van der Waals surface area contributed by atoms with Gasteiger partial charge < -0.3 is 4.74 Å². The van der Waals surface area contributed by atoms with Crippen LogP contribution < -0.4 is 4.74 Å². The molecule has 0 aromatic heterocycles. The van der Waals surface area contributed by atoms with E-state index in [4.69, 9.17) is 4.74 Å². The van der Waals surface area contributed by atoms with E-state index in [1.54, 1.807) is 0 Å². The average Bonchev–Trinajstić information content (AvgIpc) is 0.755. The lowest BCUT2D eigenvalue weighted by atomic mass is 9.90. The normalized spacial score (nSPS) is 10.9. The average molecular weight is 1650 g/mol. The molecule has 0 aliphatic heterocycles. The van der Waals surface area contributed by atoms with E-state index in [1.807, 2.05) is 42.5 Å². The zero-order valence-corrected chi connectivity index (χ0v) is 78.2. The van der Waals surface area contributed by atoms with E-state index in [-0.39, 0.29) is 0 Å². The van der Waals surface area contributed by atoms with E-state index in [9.17, 15) is 4.79 Å². The van der Waals surface area contributed by atoms with Gasteiger partial charge in [0.1, 0.15) is 5.75 Å². The first kappa shape index (κ1) is 97.9. The molecule has 124 heavy (non-hydrogen) atoms. The summed E-state index contributed by atoms with van der Waals surface area (Å²) in [6.07, 6.45) is 58.9. The van der Waals surface area contributed by atoms with Gasteiger partial charge in [0.2, 0.25) is 0 Å². The van der Waals surface area contributed by atoms with E-state index < -0.39 is 0 Å². The Labute approximate surface area is 754 Å². The molecule has 0 spiro atoms. The Morgan fingerprint density at radius 3 is 0.734 bits per heavy atom. The number of allylic oxidation sites excluding steroid dienone is 1. The number of hydrogen-bond donors (Lipinski definition) is 0. The van der Waals surface area contributed by atoms with Crippen molar-refractivity contribution in [3.05, 3.63) is 275 Å². The predicted molar refractivity (Wildman–Crippen MR) is 537 cm³/mol. The van der Waals surface area contributed by atoms with E-state index in [0.717, 1.165) is 200 Å². The molecule has 9 aromatic rings. The van der Waals surface area contributed by atoms with Gasteiger partial charge in [-0.15, -0.1) is 6.58 Å². The quantitative estimate of drug-likeness (QED) is 0.0125. The maximum Gasteiger partial charge on any atom is 0.151 e. The van der Waals surface area contributed by atoms with Crippen molar-refractivity contribution in [1.82, 2.24) is 0 Å². The highest BCUT2D eigenvalue weighted by Gasteiger charge is 2.18. The van der Waals surface area contributed by atoms with Crippen LogP contribution in [0.5, 0.6) is 5.75 Å². The third-order valence-corrected chi connectivity index (χ3v) is 24.9. The molecule has 0 aliphatic rings. The number of fused-ring (bicyclic) bond motifs is 2. The highest BCUT2D eigenvalue weighted by atomic mass is 16.5. The molecule has 0 aliphatic carbocycles. The fourth-order valence-corrected chi connectivity index (χ4v) is 17.3. The largest absolute Gasteiger partial charge is 0.494 e. The molecule has 0 saturated heterocycles. The first-order valence-electron chi connectivity index (χ1n) is 49.7. The van der Waals surface area contributed by atoms with Crippen LogP contribution in [0.3, 0.4) is 0 Å². The second-order valence-electron chi connectivity index (χ2n) is 35.2. The van der Waals surface area contributed by atoms with Crippen LogP contribution in [-0.2, 0) is 51.4 Å². The van der Waals surface area contributed by atoms with Crippen LogP contribution >= 0.6 is 0 Å². The maximum absolute atomic E-state index is 12.5. The second kappa shape index (κ2) is 58.3. The van der Waals surface area contributed by atoms with E-state index in [0.29, 0.717) is 5.56 Å². The Bertz CT molecular complexity index is 5110. The first-order valence-corrected chi connectivity index (χ1v) is 49.7. The minimum atomic E-state index is 0.707. The second-order valence-corrected chi connectivity index (χ2v) is 35.2. The fourth-order valence-electron chi connectivity index (χ4n) is 17.3. The van der Waals surface area contributed by atoms with Crippen molar-refractivity contribution < 1.29 is 9.53 Å². The van der Waals surface area contributed by atoms with Crippen LogP contribution in [0.1, 0.15) is 434 Å². The molecule has 2 nitrogen and oxygen atoms in total. The van der Waals surface area contributed by atoms with Gasteiger partial charge in [-0.2, -0.15) is 0 Å². The summed E-state index contributed by atoms with van der Waals surface area (Å²) >= 11 is 0. The number of aryl methyl sites for hydroxylation is 8. The summed E-state index contributed by atoms with van der Waals surface area (Å²) < 4.78 is 6.24. The Morgan fingerprint density at radius 1 is 0.250 bits per heavy atom. The van der Waals surface area contributed by atoms with Crippen LogP contribution in [0.2, 0.25) is 0 Å². The smallest absolute Gasteiger partial charge is 0.151 e. The number of aldehydes is 1. The topological polar surface area (TPSA) is 26.3 Å². The van der Waals surface area contributed by atoms with Crippen molar-refractivity contribution >= 4 is 27.8 Å². The monoisotopic (exact) mass is 1650 g/mol. The Balaban J connectivity index is 1.09. The first-order chi connectivity index (χ1) is 61.2. The number of hydrogen-bond acceptors (Lipinski definition) is 2. The molecule has 0 bridgehead atoms. The Hall–Kier alpha value is -9.93. The summed E-state index contributed by atoms with van der Waals surface area (Å²) in [5, 5.41) is 3.82. The van der Waals surface area contributed by atoms with Gasteiger partial charge >= 0.3 is 0 Å². The van der Waals surface area contributed by atoms with Gasteiger partial charge in [0.15, 0.2) is 6.29 Å². The molecule has 0 N–H and O–H groups in total. The van der Waals surface area contributed by atoms with Crippen LogP contribution in [0.15, 0.2) is 158 Å². The minimum absolute atomic E-state index is 0.707. The fraction of sp³-hybridized carbons (Fsp3) is 0.467. The van der Waals surface area contributed by atoms with Crippen molar-refractivity contribution in [2.75, 3.05) is 6.61 Å². The molecule has 0 unspecified atom stereocenters. The lowest BCUT2D eigenvalue weighted by Gasteiger charge is -2.14. The highest BCUT2D eigenvalue weighted by Crippen LogP contribution is 2.34. The van der Waals surface area contributed by atoms with Gasteiger partial charge in [0.05, 0.1) is 6.61 Å². The van der Waals surface area contributed by atoms with Crippen molar-refractivity contribution in [2.45, 2.75) is 364 Å². The molecule has 0 heterocycles. The molecule has 9 aromatic carbocycles. The number of carbonyl (C=O) groups excluding carboxylic acids is 1. The van der Waals surface area contributed by atoms with Crippen LogP contribution in [0, 0.1) is 71.0 Å². The molecule has 0 saturated carbocycles. The van der Waals surface area contributed by atoms with Crippen LogP contribution in [0.4, 0.5) is 0 Å². The molecule has 0 fully saturated rings. The maximum atomic E-state index is 12.5. The standard InChI is InChI=1S/C122H150O2/c1-10-19-28-37-38-39-40-41-54-87-124-116-84-73-99(74-85-116)72-77-109-89-103(58-45-32-23-14-5)111(91-101(109)56-43-30-21-12-3)79-81-113-93-107(62-49-36-27-18-9)115(95-105(113)60-47-34-25-16-7)83-82-114-94-104(59-46-33-24-15-6)112(92-106(114)61-48-35-26-17-8)80-78-110-90-100(55-42-29-20-11-2)108(88-102(110)57-44-31-22-13-4)76-71-97-67-69-98(70-68-97)75-86-121-117-63-50-52-65-119(117)122(96-123)120-66-53-51-64-118(120)121/h10,50-53,63-70,73-74,84-85,88-96H,1,11-49,54-62,87H2,2-9H3. The summed E-state index contributed by atoms with van der Waals surface area (Å²) in [5.74, 6) is 46.6. The Morgan fingerprint density at radius 2 is 0.476 bits per heavy atom. The highest BCUT2D eigenvalue weighted by molar-refractivity contribution is 6.15. The van der Waals surface area contributed by atoms with Crippen molar-refractivity contribution in [3.8, 4) is 76.8 Å². The number of carbonyl (C=O) groups is 1. The van der Waals surface area contributed by atoms with E-state index in [1.165, 1.54) is 259 Å².